The number of halogens is 3. The molecular formula is C3H5Br3Si. The highest BCUT2D eigenvalue weighted by Crippen LogP contribution is 2.33. The molecule has 42 valence electrons. The fourth-order valence-corrected chi connectivity index (χ4v) is 0. The van der Waals surface area contributed by atoms with Gasteiger partial charge in [0.25, 0.3) is 3.93 Å². The third-order valence-corrected chi connectivity index (χ3v) is 7.54. The van der Waals surface area contributed by atoms with Gasteiger partial charge in [-0.05, 0) is 6.92 Å². The highest BCUT2D eigenvalue weighted by molar-refractivity contribution is 9.72. The molecule has 0 saturated carbocycles. The third kappa shape index (κ3) is 3.94. The van der Waals surface area contributed by atoms with Crippen molar-refractivity contribution in [2.75, 3.05) is 0 Å². The van der Waals surface area contributed by atoms with Crippen LogP contribution in [0.15, 0.2) is 11.8 Å². The molecule has 7 heavy (non-hydrogen) atoms. The Balaban J connectivity index is 3.79. The van der Waals surface area contributed by atoms with Crippen molar-refractivity contribution in [3.8, 4) is 0 Å². The molecule has 0 unspecified atom stereocenters. The maximum Gasteiger partial charge on any atom is 0.292 e. The van der Waals surface area contributed by atoms with Crippen LogP contribution < -0.4 is 0 Å². The van der Waals surface area contributed by atoms with Gasteiger partial charge in [0.1, 0.15) is 0 Å². The first-order valence-corrected chi connectivity index (χ1v) is 10.4. The van der Waals surface area contributed by atoms with Crippen LogP contribution >= 0.6 is 45.9 Å². The first-order chi connectivity index (χ1) is 2.94. The standard InChI is InChI=1S/C3H5Br3Si/c1-3(2)7(4,5)6/h1H2,2H3. The van der Waals surface area contributed by atoms with Crippen molar-refractivity contribution in [2.45, 2.75) is 6.92 Å². The van der Waals surface area contributed by atoms with Crippen molar-refractivity contribution in [3.63, 3.8) is 0 Å². The molecule has 0 bridgehead atoms. The molecule has 0 fully saturated rings. The van der Waals surface area contributed by atoms with Gasteiger partial charge in [-0.3, -0.25) is 0 Å². The largest absolute Gasteiger partial charge is 0.292 e. The van der Waals surface area contributed by atoms with E-state index in [1.54, 1.807) is 0 Å². The molecular weight excluding hydrogens is 304 g/mol. The Bertz CT molecular complexity index is 82.7. The summed E-state index contributed by atoms with van der Waals surface area (Å²) in [5.74, 6) is 0. The fourth-order valence-electron chi connectivity index (χ4n) is 0. The van der Waals surface area contributed by atoms with E-state index in [2.05, 4.69) is 52.5 Å². The number of allylic oxidation sites excluding steroid dienone is 1. The maximum absolute atomic E-state index is 3.75. The molecule has 0 heterocycles. The van der Waals surface area contributed by atoms with Crippen LogP contribution in [-0.2, 0) is 0 Å². The Labute approximate surface area is 68.1 Å². The van der Waals surface area contributed by atoms with Crippen molar-refractivity contribution >= 4 is 49.8 Å². The smallest absolute Gasteiger partial charge is 0.102 e. The van der Waals surface area contributed by atoms with Crippen molar-refractivity contribution in [3.05, 3.63) is 11.8 Å². The van der Waals surface area contributed by atoms with Crippen LogP contribution in [0, 0.1) is 0 Å². The van der Waals surface area contributed by atoms with Crippen LogP contribution in [0.25, 0.3) is 0 Å². The van der Waals surface area contributed by atoms with Gasteiger partial charge in [0.2, 0.25) is 0 Å². The van der Waals surface area contributed by atoms with E-state index < -0.39 is 3.93 Å². The predicted octanol–water partition coefficient (Wildman–Crippen LogP) is 3.23. The molecule has 0 aromatic heterocycles. The molecule has 0 N–H and O–H groups in total. The SMILES string of the molecule is C=C(C)[Si](Br)(Br)Br. The number of hydrogen-bond donors (Lipinski definition) is 0. The maximum atomic E-state index is 3.75. The van der Waals surface area contributed by atoms with Crippen LogP contribution in [0.3, 0.4) is 0 Å². The average Bonchev–Trinajstić information content (AvgIpc) is 1.31. The van der Waals surface area contributed by atoms with Gasteiger partial charge in [0, 0.05) is 0 Å². The lowest BCUT2D eigenvalue weighted by molar-refractivity contribution is 1.71. The third-order valence-electron chi connectivity index (χ3n) is 0.484. The summed E-state index contributed by atoms with van der Waals surface area (Å²) in [4.78, 5) is 0. The van der Waals surface area contributed by atoms with E-state index in [0.717, 1.165) is 5.20 Å². The molecule has 0 aliphatic carbocycles. The van der Waals surface area contributed by atoms with Gasteiger partial charge in [-0.25, -0.2) is 0 Å². The summed E-state index contributed by atoms with van der Waals surface area (Å²) in [5, 5.41) is 1.13. The number of hydrogen-bond acceptors (Lipinski definition) is 0. The topological polar surface area (TPSA) is 0 Å². The highest BCUT2D eigenvalue weighted by atomic mass is 80.0. The first-order valence-electron chi connectivity index (χ1n) is 1.67. The molecule has 4 heteroatoms. The lowest BCUT2D eigenvalue weighted by Gasteiger charge is -2.05. The minimum Gasteiger partial charge on any atom is -0.102 e. The van der Waals surface area contributed by atoms with Crippen LogP contribution in [0.4, 0.5) is 0 Å². The zero-order valence-electron chi connectivity index (χ0n) is 3.84. The second-order valence-corrected chi connectivity index (χ2v) is 23.4. The van der Waals surface area contributed by atoms with Crippen LogP contribution in [-0.4, -0.2) is 3.93 Å². The Morgan fingerprint density at radius 1 is 1.43 bits per heavy atom. The van der Waals surface area contributed by atoms with Gasteiger partial charge < -0.3 is 0 Å². The fraction of sp³-hybridized carbons (Fsp3) is 0.333. The summed E-state index contributed by atoms with van der Waals surface area (Å²) in [6.07, 6.45) is 0. The highest BCUT2D eigenvalue weighted by Gasteiger charge is 2.22. The van der Waals surface area contributed by atoms with E-state index in [-0.39, 0.29) is 0 Å². The molecule has 0 spiro atoms. The normalized spacial score (nSPS) is 11.4. The van der Waals surface area contributed by atoms with Crippen LogP contribution in [0.1, 0.15) is 6.92 Å². The Hall–Kier alpha value is 1.40. The molecule has 0 aliphatic heterocycles. The Kier molecular flexibility index (Phi) is 3.36. The summed E-state index contributed by atoms with van der Waals surface area (Å²) < 4.78 is -1.49. The summed E-state index contributed by atoms with van der Waals surface area (Å²) in [5.41, 5.74) is 0. The molecule has 0 nitrogen and oxygen atoms in total. The van der Waals surface area contributed by atoms with E-state index in [0.29, 0.717) is 0 Å². The molecule has 0 rings (SSSR count). The van der Waals surface area contributed by atoms with E-state index >= 15 is 0 Å². The van der Waals surface area contributed by atoms with Crippen molar-refractivity contribution in [1.29, 1.82) is 0 Å². The monoisotopic (exact) mass is 306 g/mol. The van der Waals surface area contributed by atoms with Gasteiger partial charge >= 0.3 is 0 Å². The van der Waals surface area contributed by atoms with Gasteiger partial charge in [-0.15, -0.1) is 6.58 Å². The first kappa shape index (κ1) is 8.40. The minimum absolute atomic E-state index is 1.13. The lowest BCUT2D eigenvalue weighted by atomic mass is 10.8. The molecule has 0 aromatic carbocycles. The zero-order chi connectivity index (χ0) is 6.08. The average molecular weight is 309 g/mol. The zero-order valence-corrected chi connectivity index (χ0v) is 9.60. The summed E-state index contributed by atoms with van der Waals surface area (Å²) in [7, 11) is 0. The van der Waals surface area contributed by atoms with E-state index in [4.69, 9.17) is 0 Å². The van der Waals surface area contributed by atoms with Gasteiger partial charge in [0.15, 0.2) is 0 Å². The van der Waals surface area contributed by atoms with E-state index in [1.807, 2.05) is 6.92 Å². The van der Waals surface area contributed by atoms with Crippen LogP contribution in [0.2, 0.25) is 0 Å². The van der Waals surface area contributed by atoms with E-state index in [1.165, 1.54) is 0 Å². The van der Waals surface area contributed by atoms with Gasteiger partial charge in [-0.1, -0.05) is 51.1 Å². The van der Waals surface area contributed by atoms with Crippen molar-refractivity contribution in [2.24, 2.45) is 0 Å². The minimum atomic E-state index is -1.49. The molecule has 0 aromatic rings. The molecule has 0 radical (unpaired) electrons. The van der Waals surface area contributed by atoms with Crippen molar-refractivity contribution < 1.29 is 0 Å². The molecule has 0 amide bonds. The summed E-state index contributed by atoms with van der Waals surface area (Å²) >= 11 is 10.2. The molecule has 0 aliphatic rings. The summed E-state index contributed by atoms with van der Waals surface area (Å²) in [6, 6.07) is 0. The Morgan fingerprint density at radius 2 is 1.57 bits per heavy atom. The van der Waals surface area contributed by atoms with Crippen LogP contribution in [0.5, 0.6) is 0 Å². The van der Waals surface area contributed by atoms with Gasteiger partial charge in [-0.2, -0.15) is 0 Å². The molecule has 0 saturated heterocycles. The Morgan fingerprint density at radius 3 is 1.57 bits per heavy atom. The quantitative estimate of drug-likeness (QED) is 0.515. The van der Waals surface area contributed by atoms with E-state index in [9.17, 15) is 0 Å². The summed E-state index contributed by atoms with van der Waals surface area (Å²) in [6.45, 7) is 5.72. The molecule has 0 atom stereocenters. The van der Waals surface area contributed by atoms with Gasteiger partial charge in [0.05, 0.1) is 0 Å². The predicted molar refractivity (Wildman–Crippen MR) is 47.3 cm³/mol. The number of rotatable bonds is 1. The van der Waals surface area contributed by atoms with Crippen molar-refractivity contribution in [1.82, 2.24) is 0 Å². The second kappa shape index (κ2) is 2.80. The second-order valence-electron chi connectivity index (χ2n) is 1.28. The lowest BCUT2D eigenvalue weighted by Crippen LogP contribution is -2.06.